The van der Waals surface area contributed by atoms with Gasteiger partial charge in [0.25, 0.3) is 0 Å². The average molecular weight is 280 g/mol. The SMILES string of the molecule is CC(C)(C)OC(=O)N1CCN(c2cccc(F)c2)CC1. The summed E-state index contributed by atoms with van der Waals surface area (Å²) in [5.41, 5.74) is 0.380. The molecule has 4 nitrogen and oxygen atoms in total. The molecule has 0 bridgehead atoms. The predicted molar refractivity (Wildman–Crippen MR) is 76.4 cm³/mol. The summed E-state index contributed by atoms with van der Waals surface area (Å²) in [4.78, 5) is 15.7. The van der Waals surface area contributed by atoms with Crippen molar-refractivity contribution in [1.82, 2.24) is 4.90 Å². The van der Waals surface area contributed by atoms with Gasteiger partial charge in [-0.2, -0.15) is 0 Å². The summed E-state index contributed by atoms with van der Waals surface area (Å²) < 4.78 is 18.5. The quantitative estimate of drug-likeness (QED) is 0.793. The van der Waals surface area contributed by atoms with Gasteiger partial charge in [-0.15, -0.1) is 0 Å². The maximum Gasteiger partial charge on any atom is 0.410 e. The van der Waals surface area contributed by atoms with Crippen LogP contribution >= 0.6 is 0 Å². The second kappa shape index (κ2) is 5.69. The molecule has 20 heavy (non-hydrogen) atoms. The van der Waals surface area contributed by atoms with Crippen LogP contribution in [0.3, 0.4) is 0 Å². The summed E-state index contributed by atoms with van der Waals surface area (Å²) in [5, 5.41) is 0. The van der Waals surface area contributed by atoms with Crippen molar-refractivity contribution < 1.29 is 13.9 Å². The van der Waals surface area contributed by atoms with E-state index in [2.05, 4.69) is 4.90 Å². The molecule has 110 valence electrons. The summed E-state index contributed by atoms with van der Waals surface area (Å²) >= 11 is 0. The third-order valence-electron chi connectivity index (χ3n) is 3.10. The van der Waals surface area contributed by atoms with Gasteiger partial charge in [-0.1, -0.05) is 6.07 Å². The van der Waals surface area contributed by atoms with Crippen molar-refractivity contribution in [2.75, 3.05) is 31.1 Å². The molecule has 2 rings (SSSR count). The second-order valence-corrected chi connectivity index (χ2v) is 5.93. The monoisotopic (exact) mass is 280 g/mol. The van der Waals surface area contributed by atoms with Crippen LogP contribution in [0.5, 0.6) is 0 Å². The van der Waals surface area contributed by atoms with E-state index in [1.54, 1.807) is 11.0 Å². The summed E-state index contributed by atoms with van der Waals surface area (Å²) in [6.45, 7) is 8.11. The number of rotatable bonds is 1. The first kappa shape index (κ1) is 14.6. The van der Waals surface area contributed by atoms with E-state index in [4.69, 9.17) is 4.74 Å². The van der Waals surface area contributed by atoms with Crippen LogP contribution in [0.15, 0.2) is 24.3 Å². The van der Waals surface area contributed by atoms with Gasteiger partial charge < -0.3 is 14.5 Å². The highest BCUT2D eigenvalue weighted by atomic mass is 19.1. The molecule has 1 amide bonds. The molecule has 1 heterocycles. The minimum atomic E-state index is -0.475. The number of carbonyl (C=O) groups is 1. The van der Waals surface area contributed by atoms with E-state index in [0.717, 1.165) is 5.69 Å². The smallest absolute Gasteiger partial charge is 0.410 e. The Bertz CT molecular complexity index is 477. The molecular weight excluding hydrogens is 259 g/mol. The Balaban J connectivity index is 1.91. The Kier molecular flexibility index (Phi) is 4.16. The zero-order valence-corrected chi connectivity index (χ0v) is 12.2. The van der Waals surface area contributed by atoms with E-state index in [1.165, 1.54) is 12.1 Å². The third-order valence-corrected chi connectivity index (χ3v) is 3.10. The van der Waals surface area contributed by atoms with Crippen LogP contribution in [0.1, 0.15) is 20.8 Å². The fourth-order valence-corrected chi connectivity index (χ4v) is 2.15. The molecule has 1 aromatic rings. The van der Waals surface area contributed by atoms with Gasteiger partial charge in [0.1, 0.15) is 11.4 Å². The van der Waals surface area contributed by atoms with E-state index in [1.807, 2.05) is 26.8 Å². The van der Waals surface area contributed by atoms with Crippen molar-refractivity contribution in [2.45, 2.75) is 26.4 Å². The zero-order chi connectivity index (χ0) is 14.8. The van der Waals surface area contributed by atoms with Crippen LogP contribution < -0.4 is 4.90 Å². The average Bonchev–Trinajstić information content (AvgIpc) is 2.37. The molecule has 1 saturated heterocycles. The van der Waals surface area contributed by atoms with Gasteiger partial charge in [-0.25, -0.2) is 9.18 Å². The standard InChI is InChI=1S/C15H21FN2O2/c1-15(2,3)20-14(19)18-9-7-17(8-10-18)13-6-4-5-12(16)11-13/h4-6,11H,7-10H2,1-3H3. The molecule has 1 aromatic carbocycles. The highest BCUT2D eigenvalue weighted by Gasteiger charge is 2.25. The molecule has 1 aliphatic rings. The van der Waals surface area contributed by atoms with Gasteiger partial charge in [0.2, 0.25) is 0 Å². The van der Waals surface area contributed by atoms with Crippen molar-refractivity contribution in [1.29, 1.82) is 0 Å². The predicted octanol–water partition coefficient (Wildman–Crippen LogP) is 2.88. The number of hydrogen-bond acceptors (Lipinski definition) is 3. The highest BCUT2D eigenvalue weighted by Crippen LogP contribution is 2.18. The normalized spacial score (nSPS) is 16.2. The number of piperazine rings is 1. The Morgan fingerprint density at radius 2 is 1.85 bits per heavy atom. The summed E-state index contributed by atoms with van der Waals surface area (Å²) in [7, 11) is 0. The fraction of sp³-hybridized carbons (Fsp3) is 0.533. The van der Waals surface area contributed by atoms with Crippen LogP contribution in [0.2, 0.25) is 0 Å². The van der Waals surface area contributed by atoms with Crippen LogP contribution in [0.25, 0.3) is 0 Å². The van der Waals surface area contributed by atoms with E-state index in [-0.39, 0.29) is 11.9 Å². The molecule has 0 atom stereocenters. The van der Waals surface area contributed by atoms with Gasteiger partial charge in [0.05, 0.1) is 0 Å². The van der Waals surface area contributed by atoms with E-state index in [0.29, 0.717) is 26.2 Å². The molecule has 5 heteroatoms. The molecule has 0 N–H and O–H groups in total. The number of carbonyl (C=O) groups excluding carboxylic acids is 1. The number of amides is 1. The highest BCUT2D eigenvalue weighted by molar-refractivity contribution is 5.68. The molecule has 1 aliphatic heterocycles. The second-order valence-electron chi connectivity index (χ2n) is 5.93. The van der Waals surface area contributed by atoms with Crippen molar-refractivity contribution in [3.63, 3.8) is 0 Å². The van der Waals surface area contributed by atoms with Crippen LogP contribution in [0.4, 0.5) is 14.9 Å². The third kappa shape index (κ3) is 3.85. The topological polar surface area (TPSA) is 32.8 Å². The lowest BCUT2D eigenvalue weighted by Gasteiger charge is -2.36. The molecule has 0 saturated carbocycles. The summed E-state index contributed by atoms with van der Waals surface area (Å²) in [6.07, 6.45) is -0.281. The van der Waals surface area contributed by atoms with E-state index >= 15 is 0 Å². The summed E-state index contributed by atoms with van der Waals surface area (Å²) in [5.74, 6) is -0.239. The van der Waals surface area contributed by atoms with Crippen molar-refractivity contribution in [3.8, 4) is 0 Å². The lowest BCUT2D eigenvalue weighted by Crippen LogP contribution is -2.50. The molecule has 0 radical (unpaired) electrons. The first-order valence-electron chi connectivity index (χ1n) is 6.83. The first-order valence-corrected chi connectivity index (χ1v) is 6.83. The minimum absolute atomic E-state index is 0.239. The number of anilines is 1. The van der Waals surface area contributed by atoms with E-state index < -0.39 is 5.60 Å². The maximum atomic E-state index is 13.2. The lowest BCUT2D eigenvalue weighted by atomic mass is 10.2. The first-order chi connectivity index (χ1) is 9.35. The van der Waals surface area contributed by atoms with E-state index in [9.17, 15) is 9.18 Å². The molecule has 0 aromatic heterocycles. The minimum Gasteiger partial charge on any atom is -0.444 e. The van der Waals surface area contributed by atoms with Gasteiger partial charge in [0.15, 0.2) is 0 Å². The Hall–Kier alpha value is -1.78. The Morgan fingerprint density at radius 1 is 1.20 bits per heavy atom. The number of nitrogens with zero attached hydrogens (tertiary/aromatic N) is 2. The molecular formula is C15H21FN2O2. The summed E-state index contributed by atoms with van der Waals surface area (Å²) in [6, 6.07) is 6.53. The zero-order valence-electron chi connectivity index (χ0n) is 12.2. The van der Waals surface area contributed by atoms with Crippen LogP contribution in [-0.2, 0) is 4.74 Å². The number of benzene rings is 1. The Labute approximate surface area is 119 Å². The molecule has 0 unspecified atom stereocenters. The van der Waals surface area contributed by atoms with Crippen LogP contribution in [0, 0.1) is 5.82 Å². The van der Waals surface area contributed by atoms with Gasteiger partial charge in [-0.3, -0.25) is 0 Å². The number of hydrogen-bond donors (Lipinski definition) is 0. The largest absolute Gasteiger partial charge is 0.444 e. The van der Waals surface area contributed by atoms with Gasteiger partial charge >= 0.3 is 6.09 Å². The Morgan fingerprint density at radius 3 is 2.40 bits per heavy atom. The van der Waals surface area contributed by atoms with Crippen LogP contribution in [-0.4, -0.2) is 42.8 Å². The molecule has 0 spiro atoms. The van der Waals surface area contributed by atoms with Gasteiger partial charge in [0, 0.05) is 31.9 Å². The van der Waals surface area contributed by atoms with Crippen molar-refractivity contribution in [2.24, 2.45) is 0 Å². The van der Waals surface area contributed by atoms with Crippen molar-refractivity contribution >= 4 is 11.8 Å². The molecule has 1 fully saturated rings. The lowest BCUT2D eigenvalue weighted by molar-refractivity contribution is 0.0240. The van der Waals surface area contributed by atoms with Gasteiger partial charge in [-0.05, 0) is 39.0 Å². The number of ether oxygens (including phenoxy) is 1. The van der Waals surface area contributed by atoms with Crippen molar-refractivity contribution in [3.05, 3.63) is 30.1 Å². The number of halogens is 1. The maximum absolute atomic E-state index is 13.2. The molecule has 0 aliphatic carbocycles. The fourth-order valence-electron chi connectivity index (χ4n) is 2.15.